The van der Waals surface area contributed by atoms with Gasteiger partial charge < -0.3 is 20.1 Å². The Morgan fingerprint density at radius 3 is 2.42 bits per heavy atom. The maximum Gasteiger partial charge on any atom is 0.399 e. The SMILES string of the molecule is CC(C)(C)OC(=O)CN1CCN2c3cccc(c3)[C@@H](n3cnc(-c4cc(Cl)ccc4-n4cc(Cl)nn4)cc3=O)CCCCCNC(=O)[C@H]2C1.O=C(O)CC(F)(F)F. The third kappa shape index (κ3) is 12.2. The number of alkyl halides is 3. The van der Waals surface area contributed by atoms with Gasteiger partial charge in [0.15, 0.2) is 5.15 Å². The van der Waals surface area contributed by atoms with E-state index in [9.17, 15) is 32.3 Å². The minimum atomic E-state index is -4.58. The summed E-state index contributed by atoms with van der Waals surface area (Å²) in [5.74, 6) is -2.23. The van der Waals surface area contributed by atoms with E-state index in [0.717, 1.165) is 30.5 Å². The average Bonchev–Trinajstić information content (AvgIpc) is 3.55. The highest BCUT2D eigenvalue weighted by molar-refractivity contribution is 6.31. The molecule has 2 aliphatic rings. The topological polar surface area (TPSA) is 165 Å². The second kappa shape index (κ2) is 18.5. The van der Waals surface area contributed by atoms with Gasteiger partial charge in [-0.25, -0.2) is 9.67 Å². The molecular weight excluding hydrogens is 792 g/mol. The Morgan fingerprint density at radius 1 is 1.00 bits per heavy atom. The summed E-state index contributed by atoms with van der Waals surface area (Å²) in [5, 5.41) is 19.3. The van der Waals surface area contributed by atoms with Crippen LogP contribution in [0.15, 0.2) is 65.8 Å². The van der Waals surface area contributed by atoms with Gasteiger partial charge in [0.1, 0.15) is 18.1 Å². The second-order valence-electron chi connectivity index (χ2n) is 14.6. The van der Waals surface area contributed by atoms with E-state index in [2.05, 4.69) is 26.6 Å². The van der Waals surface area contributed by atoms with Crippen LogP contribution in [0.1, 0.15) is 64.5 Å². The van der Waals surface area contributed by atoms with Crippen molar-refractivity contribution in [3.05, 3.63) is 87.1 Å². The Morgan fingerprint density at radius 2 is 1.77 bits per heavy atom. The molecule has 19 heteroatoms. The number of benzene rings is 2. The summed E-state index contributed by atoms with van der Waals surface area (Å²) >= 11 is 12.4. The third-order valence-corrected chi connectivity index (χ3v) is 9.46. The van der Waals surface area contributed by atoms with E-state index >= 15 is 0 Å². The predicted octanol–water partition coefficient (Wildman–Crippen LogP) is 5.93. The van der Waals surface area contributed by atoms with Gasteiger partial charge in [0.05, 0.1) is 36.5 Å². The Bertz CT molecular complexity index is 2120. The number of nitrogens with one attached hydrogen (secondary N) is 1. The summed E-state index contributed by atoms with van der Waals surface area (Å²) < 4.78 is 41.5. The number of halogens is 5. The molecule has 2 aromatic carbocycles. The Kier molecular flexibility index (Phi) is 14.0. The molecule has 2 aromatic heterocycles. The normalized spacial score (nSPS) is 18.1. The fourth-order valence-corrected chi connectivity index (χ4v) is 6.95. The number of hydrogen-bond acceptors (Lipinski definition) is 10. The molecule has 0 aliphatic carbocycles. The van der Waals surface area contributed by atoms with Crippen molar-refractivity contribution in [2.75, 3.05) is 37.6 Å². The summed E-state index contributed by atoms with van der Waals surface area (Å²) in [6, 6.07) is 14.0. The highest BCUT2D eigenvalue weighted by Crippen LogP contribution is 2.31. The molecule has 0 radical (unpaired) electrons. The first-order valence-corrected chi connectivity index (χ1v) is 19.0. The first-order chi connectivity index (χ1) is 26.9. The Labute approximate surface area is 336 Å². The maximum absolute atomic E-state index is 13.9. The van der Waals surface area contributed by atoms with Crippen molar-refractivity contribution < 1.29 is 37.4 Å². The van der Waals surface area contributed by atoms with E-state index in [1.165, 1.54) is 10.7 Å². The van der Waals surface area contributed by atoms with Crippen molar-refractivity contribution in [2.45, 2.75) is 76.7 Å². The lowest BCUT2D eigenvalue weighted by Gasteiger charge is -2.42. The molecule has 0 unspecified atom stereocenters. The van der Waals surface area contributed by atoms with Crippen molar-refractivity contribution in [1.29, 1.82) is 0 Å². The minimum Gasteiger partial charge on any atom is -0.481 e. The number of carbonyl (C=O) groups excluding carboxylic acids is 2. The maximum atomic E-state index is 13.9. The fourth-order valence-electron chi connectivity index (χ4n) is 6.66. The van der Waals surface area contributed by atoms with Crippen molar-refractivity contribution in [3.63, 3.8) is 0 Å². The average molecular weight is 836 g/mol. The van der Waals surface area contributed by atoms with Crippen LogP contribution in [0.2, 0.25) is 10.2 Å². The van der Waals surface area contributed by atoms with E-state index in [1.54, 1.807) is 35.3 Å². The molecule has 1 saturated heterocycles. The first-order valence-electron chi connectivity index (χ1n) is 18.2. The van der Waals surface area contributed by atoms with Crippen LogP contribution < -0.4 is 15.8 Å². The number of esters is 1. The van der Waals surface area contributed by atoms with Gasteiger partial charge >= 0.3 is 18.1 Å². The molecule has 2 N–H and O–H groups in total. The molecule has 6 rings (SSSR count). The van der Waals surface area contributed by atoms with E-state index in [-0.39, 0.29) is 35.2 Å². The van der Waals surface area contributed by atoms with E-state index < -0.39 is 30.2 Å². The van der Waals surface area contributed by atoms with Gasteiger partial charge in [-0.15, -0.1) is 5.10 Å². The van der Waals surface area contributed by atoms with Crippen LogP contribution in [0.5, 0.6) is 0 Å². The summed E-state index contributed by atoms with van der Waals surface area (Å²) in [6.07, 6.45) is 0.0769. The summed E-state index contributed by atoms with van der Waals surface area (Å²) in [7, 11) is 0. The number of carboxylic acids is 1. The number of aliphatic carboxylic acids is 1. The molecule has 1 amide bonds. The zero-order valence-electron chi connectivity index (χ0n) is 31.5. The molecule has 14 nitrogen and oxygen atoms in total. The van der Waals surface area contributed by atoms with Crippen LogP contribution in [0.3, 0.4) is 0 Å². The van der Waals surface area contributed by atoms with Crippen molar-refractivity contribution in [2.24, 2.45) is 0 Å². The number of amides is 1. The molecule has 0 saturated carbocycles. The lowest BCUT2D eigenvalue weighted by atomic mass is 9.98. The summed E-state index contributed by atoms with van der Waals surface area (Å²) in [6.45, 7) is 7.72. The number of rotatable bonds is 6. The Balaban J connectivity index is 0.000000701. The van der Waals surface area contributed by atoms with E-state index in [4.69, 9.17) is 38.0 Å². The lowest BCUT2D eigenvalue weighted by molar-refractivity contribution is -0.166. The molecule has 0 spiro atoms. The molecule has 1 fully saturated rings. The van der Waals surface area contributed by atoms with Gasteiger partial charge in [0, 0.05) is 48.5 Å². The van der Waals surface area contributed by atoms with Crippen LogP contribution in [-0.4, -0.2) is 103 Å². The zero-order chi connectivity index (χ0) is 41.5. The van der Waals surface area contributed by atoms with Gasteiger partial charge in [-0.05, 0) is 69.5 Å². The number of ether oxygens (including phenoxy) is 1. The van der Waals surface area contributed by atoms with Gasteiger partial charge in [-0.1, -0.05) is 53.4 Å². The standard InChI is InChI=1S/C35H40Cl2N8O4.C3H3F3O2/c1-35(2,3)49-33(47)21-42-14-15-43-25-9-7-8-23(16-25)28(10-5-4-6-13-38-34(48)30(43)19-42)44-22-39-27(18-32(44)46)26-17-24(36)11-12-29(26)45-20-31(37)40-41-45;4-3(5,6)1-2(7)8/h7-9,11-12,16-18,20,22,28,30H,4-6,10,13-15,19,21H2,1-3H3,(H,38,48);1H2,(H,7,8)/t28-,30+;/m0./s1. The van der Waals surface area contributed by atoms with Crippen LogP contribution in [-0.2, 0) is 19.1 Å². The number of carboxylic acid groups (broad SMARTS) is 1. The predicted molar refractivity (Wildman–Crippen MR) is 207 cm³/mol. The third-order valence-electron chi connectivity index (χ3n) is 9.05. The molecular formula is C38H43Cl2F3N8O6. The highest BCUT2D eigenvalue weighted by atomic mass is 35.5. The first kappa shape index (κ1) is 43.1. The van der Waals surface area contributed by atoms with Crippen LogP contribution >= 0.6 is 23.2 Å². The minimum absolute atomic E-state index is 0.0698. The molecule has 57 heavy (non-hydrogen) atoms. The molecule has 2 aliphatic heterocycles. The fraction of sp³-hybridized carbons (Fsp3) is 0.447. The van der Waals surface area contributed by atoms with E-state index in [0.29, 0.717) is 54.6 Å². The van der Waals surface area contributed by atoms with Gasteiger partial charge in [0.2, 0.25) is 5.91 Å². The molecule has 2 atom stereocenters. The Hall–Kier alpha value is -5.00. The molecule has 2 bridgehead atoms. The number of piperazine rings is 1. The van der Waals surface area contributed by atoms with Crippen molar-refractivity contribution in [3.8, 4) is 16.9 Å². The molecule has 4 heterocycles. The highest BCUT2D eigenvalue weighted by Gasteiger charge is 2.35. The molecule has 4 aromatic rings. The summed E-state index contributed by atoms with van der Waals surface area (Å²) in [5.41, 5.74) is 2.73. The summed E-state index contributed by atoms with van der Waals surface area (Å²) in [4.78, 5) is 58.2. The smallest absolute Gasteiger partial charge is 0.399 e. The van der Waals surface area contributed by atoms with Crippen molar-refractivity contribution in [1.82, 2.24) is 34.8 Å². The monoisotopic (exact) mass is 834 g/mol. The number of anilines is 1. The number of nitrogens with zero attached hydrogens (tertiary/aromatic N) is 7. The van der Waals surface area contributed by atoms with Gasteiger partial charge in [0.25, 0.3) is 5.56 Å². The van der Waals surface area contributed by atoms with Crippen LogP contribution in [0, 0.1) is 0 Å². The number of carbonyl (C=O) groups is 3. The number of hydrogen-bond donors (Lipinski definition) is 2. The van der Waals surface area contributed by atoms with Crippen molar-refractivity contribution >= 4 is 46.7 Å². The van der Waals surface area contributed by atoms with Crippen LogP contribution in [0.25, 0.3) is 16.9 Å². The van der Waals surface area contributed by atoms with E-state index in [1.807, 2.05) is 43.9 Å². The largest absolute Gasteiger partial charge is 0.481 e. The van der Waals surface area contributed by atoms with Crippen LogP contribution in [0.4, 0.5) is 18.9 Å². The second-order valence-corrected chi connectivity index (χ2v) is 15.5. The molecule has 306 valence electrons. The van der Waals surface area contributed by atoms with Gasteiger partial charge in [-0.2, -0.15) is 13.2 Å². The quantitative estimate of drug-likeness (QED) is 0.221. The number of fused-ring (bicyclic) bond motifs is 4. The van der Waals surface area contributed by atoms with Gasteiger partial charge in [-0.3, -0.25) is 28.6 Å². The lowest BCUT2D eigenvalue weighted by Crippen LogP contribution is -2.60. The number of aromatic nitrogens is 5. The zero-order valence-corrected chi connectivity index (χ0v) is 33.0.